The average molecular weight is 254 g/mol. The second-order valence-corrected chi connectivity index (χ2v) is 4.90. The Kier molecular flexibility index (Phi) is 3.93. The highest BCUT2D eigenvalue weighted by Crippen LogP contribution is 2.30. The van der Waals surface area contributed by atoms with Crippen molar-refractivity contribution in [2.75, 3.05) is 0 Å². The third-order valence-corrected chi connectivity index (χ3v) is 3.84. The molecule has 16 heavy (non-hydrogen) atoms. The highest BCUT2D eigenvalue weighted by atomic mass is 35.5. The fourth-order valence-corrected chi connectivity index (χ4v) is 2.73. The van der Waals surface area contributed by atoms with E-state index in [0.29, 0.717) is 11.4 Å². The van der Waals surface area contributed by atoms with Crippen LogP contribution in [0.25, 0.3) is 0 Å². The van der Waals surface area contributed by atoms with Gasteiger partial charge in [0.1, 0.15) is 0 Å². The number of nitrogens with zero attached hydrogens (tertiary/aromatic N) is 1. The number of aliphatic hydroxyl groups excluding tert-OH is 1. The van der Waals surface area contributed by atoms with E-state index < -0.39 is 6.10 Å². The molecule has 2 rings (SSSR count). The van der Waals surface area contributed by atoms with Crippen molar-refractivity contribution in [1.82, 2.24) is 4.98 Å². The first-order valence-electron chi connectivity index (χ1n) is 5.07. The molecular weight excluding hydrogens is 242 g/mol. The molecule has 0 spiro atoms. The van der Waals surface area contributed by atoms with E-state index in [4.69, 9.17) is 11.6 Å². The molecule has 0 amide bonds. The summed E-state index contributed by atoms with van der Waals surface area (Å²) in [6.07, 6.45) is 4.57. The van der Waals surface area contributed by atoms with Gasteiger partial charge in [0, 0.05) is 12.4 Å². The van der Waals surface area contributed by atoms with E-state index in [2.05, 4.69) is 4.98 Å². The molecule has 1 atom stereocenters. The molecule has 0 saturated heterocycles. The fourth-order valence-electron chi connectivity index (χ4n) is 1.52. The highest BCUT2D eigenvalue weighted by Gasteiger charge is 2.12. The van der Waals surface area contributed by atoms with Gasteiger partial charge in [0.05, 0.1) is 16.0 Å². The minimum Gasteiger partial charge on any atom is -0.388 e. The molecule has 0 radical (unpaired) electrons. The Hall–Kier alpha value is -0.900. The number of halogens is 1. The second kappa shape index (κ2) is 5.43. The summed E-state index contributed by atoms with van der Waals surface area (Å²) in [5.74, 6) is 0. The van der Waals surface area contributed by atoms with Gasteiger partial charge in [0.2, 0.25) is 0 Å². The Bertz CT molecular complexity index is 443. The molecular formula is C12H12ClNOS. The number of aromatic nitrogens is 1. The number of pyridine rings is 1. The van der Waals surface area contributed by atoms with E-state index in [0.717, 1.165) is 16.9 Å². The summed E-state index contributed by atoms with van der Waals surface area (Å²) in [4.78, 5) is 4.89. The summed E-state index contributed by atoms with van der Waals surface area (Å²) in [6.45, 7) is 0. The van der Waals surface area contributed by atoms with E-state index in [9.17, 15) is 5.11 Å². The number of aliphatic hydroxyl groups is 1. The molecule has 0 aliphatic rings. The molecule has 0 aromatic carbocycles. The van der Waals surface area contributed by atoms with Crippen molar-refractivity contribution >= 4 is 22.9 Å². The molecule has 1 unspecified atom stereocenters. The lowest BCUT2D eigenvalue weighted by molar-refractivity contribution is 0.171. The Morgan fingerprint density at radius 1 is 1.44 bits per heavy atom. The van der Waals surface area contributed by atoms with Crippen LogP contribution < -0.4 is 0 Å². The lowest BCUT2D eigenvalue weighted by atomic mass is 10.1. The van der Waals surface area contributed by atoms with Crippen molar-refractivity contribution < 1.29 is 5.11 Å². The predicted octanol–water partition coefficient (Wildman–Crippen LogP) is 3.46. The van der Waals surface area contributed by atoms with E-state index >= 15 is 0 Å². The van der Waals surface area contributed by atoms with E-state index in [1.165, 1.54) is 11.3 Å². The molecule has 1 N–H and O–H groups in total. The quantitative estimate of drug-likeness (QED) is 0.905. The molecule has 0 aliphatic heterocycles. The first-order chi connectivity index (χ1) is 7.77. The predicted molar refractivity (Wildman–Crippen MR) is 66.8 cm³/mol. The van der Waals surface area contributed by atoms with Gasteiger partial charge in [-0.1, -0.05) is 17.7 Å². The van der Waals surface area contributed by atoms with Crippen LogP contribution in [0.4, 0.5) is 0 Å². The van der Waals surface area contributed by atoms with Gasteiger partial charge >= 0.3 is 0 Å². The van der Waals surface area contributed by atoms with Crippen LogP contribution in [0.5, 0.6) is 0 Å². The molecule has 2 aromatic heterocycles. The lowest BCUT2D eigenvalue weighted by Crippen LogP contribution is -1.98. The molecule has 0 bridgehead atoms. The van der Waals surface area contributed by atoms with Crippen LogP contribution in [-0.4, -0.2) is 10.1 Å². The monoisotopic (exact) mass is 253 g/mol. The van der Waals surface area contributed by atoms with Crippen LogP contribution in [-0.2, 0) is 6.42 Å². The molecule has 2 aromatic rings. The van der Waals surface area contributed by atoms with E-state index in [1.807, 2.05) is 29.8 Å². The van der Waals surface area contributed by atoms with E-state index in [-0.39, 0.29) is 0 Å². The van der Waals surface area contributed by atoms with Crippen LogP contribution in [0.15, 0.2) is 36.0 Å². The summed E-state index contributed by atoms with van der Waals surface area (Å²) >= 11 is 7.45. The number of thiophene rings is 1. The minimum atomic E-state index is -0.479. The summed E-state index contributed by atoms with van der Waals surface area (Å²) in [5.41, 5.74) is 1.13. The van der Waals surface area contributed by atoms with Crippen molar-refractivity contribution in [1.29, 1.82) is 0 Å². The van der Waals surface area contributed by atoms with Crippen LogP contribution >= 0.6 is 22.9 Å². The van der Waals surface area contributed by atoms with Crippen LogP contribution in [0.1, 0.15) is 23.0 Å². The summed E-state index contributed by atoms with van der Waals surface area (Å²) in [5, 5.41) is 12.5. The number of hydrogen-bond donors (Lipinski definition) is 1. The van der Waals surface area contributed by atoms with E-state index in [1.54, 1.807) is 6.20 Å². The highest BCUT2D eigenvalue weighted by molar-refractivity contribution is 7.10. The first-order valence-corrected chi connectivity index (χ1v) is 6.33. The topological polar surface area (TPSA) is 33.1 Å². The molecule has 2 heterocycles. The largest absolute Gasteiger partial charge is 0.388 e. The minimum absolute atomic E-state index is 0.479. The zero-order chi connectivity index (χ0) is 11.4. The molecule has 0 fully saturated rings. The SMILES string of the molecule is OC(CCc1cccnc1)c1sccc1Cl. The smallest absolute Gasteiger partial charge is 0.0900 e. The van der Waals surface area contributed by atoms with Gasteiger partial charge in [-0.15, -0.1) is 11.3 Å². The van der Waals surface area contributed by atoms with Gasteiger partial charge in [-0.05, 0) is 35.9 Å². The standard InChI is InChI=1S/C12H12ClNOS/c13-10-5-7-16-12(10)11(15)4-3-9-2-1-6-14-8-9/h1-2,5-8,11,15H,3-4H2. The zero-order valence-electron chi connectivity index (χ0n) is 8.64. The fraction of sp³-hybridized carbons (Fsp3) is 0.250. The van der Waals surface area contributed by atoms with Gasteiger partial charge in [-0.2, -0.15) is 0 Å². The van der Waals surface area contributed by atoms with Crippen LogP contribution in [0, 0.1) is 0 Å². The molecule has 2 nitrogen and oxygen atoms in total. The third-order valence-electron chi connectivity index (χ3n) is 2.38. The summed E-state index contributed by atoms with van der Waals surface area (Å²) in [6, 6.07) is 5.73. The van der Waals surface area contributed by atoms with Crippen molar-refractivity contribution in [3.05, 3.63) is 51.4 Å². The number of hydrogen-bond acceptors (Lipinski definition) is 3. The van der Waals surface area contributed by atoms with Gasteiger partial charge in [-0.3, -0.25) is 4.98 Å². The van der Waals surface area contributed by atoms with Crippen LogP contribution in [0.3, 0.4) is 0 Å². The van der Waals surface area contributed by atoms with Gasteiger partial charge in [-0.25, -0.2) is 0 Å². The zero-order valence-corrected chi connectivity index (χ0v) is 10.2. The van der Waals surface area contributed by atoms with Gasteiger partial charge in [0.25, 0.3) is 0 Å². The summed E-state index contributed by atoms with van der Waals surface area (Å²) in [7, 11) is 0. The Balaban J connectivity index is 1.94. The Morgan fingerprint density at radius 2 is 2.31 bits per heavy atom. The lowest BCUT2D eigenvalue weighted by Gasteiger charge is -2.08. The second-order valence-electron chi connectivity index (χ2n) is 3.55. The molecule has 0 aliphatic carbocycles. The van der Waals surface area contributed by atoms with Crippen molar-refractivity contribution in [3.8, 4) is 0 Å². The molecule has 0 saturated carbocycles. The number of rotatable bonds is 4. The Labute approximate surface area is 104 Å². The molecule has 4 heteroatoms. The summed E-state index contributed by atoms with van der Waals surface area (Å²) < 4.78 is 0. The number of aryl methyl sites for hydroxylation is 1. The van der Waals surface area contributed by atoms with Crippen molar-refractivity contribution in [3.63, 3.8) is 0 Å². The average Bonchev–Trinajstić information content (AvgIpc) is 2.74. The van der Waals surface area contributed by atoms with Crippen molar-refractivity contribution in [2.45, 2.75) is 18.9 Å². The maximum absolute atomic E-state index is 9.96. The van der Waals surface area contributed by atoms with Gasteiger partial charge < -0.3 is 5.11 Å². The first kappa shape index (κ1) is 11.6. The Morgan fingerprint density at radius 3 is 2.94 bits per heavy atom. The maximum Gasteiger partial charge on any atom is 0.0900 e. The van der Waals surface area contributed by atoms with Crippen LogP contribution in [0.2, 0.25) is 5.02 Å². The normalized spacial score (nSPS) is 12.6. The third kappa shape index (κ3) is 2.82. The van der Waals surface area contributed by atoms with Crippen molar-refractivity contribution in [2.24, 2.45) is 0 Å². The maximum atomic E-state index is 9.96. The molecule has 84 valence electrons. The van der Waals surface area contributed by atoms with Gasteiger partial charge in [0.15, 0.2) is 0 Å².